The van der Waals surface area contributed by atoms with E-state index in [1.165, 1.54) is 0 Å². The van der Waals surface area contributed by atoms with Crippen LogP contribution in [0.5, 0.6) is 0 Å². The van der Waals surface area contributed by atoms with Crippen molar-refractivity contribution in [2.24, 2.45) is 0 Å². The molecule has 1 aromatic rings. The Morgan fingerprint density at radius 2 is 1.56 bits per heavy atom. The second-order valence-electron chi connectivity index (χ2n) is 4.05. The number of hydrogen-bond acceptors (Lipinski definition) is 1. The summed E-state index contributed by atoms with van der Waals surface area (Å²) in [6, 6.07) is 0. The summed E-state index contributed by atoms with van der Waals surface area (Å²) in [5.74, 6) is -0.757. The summed E-state index contributed by atoms with van der Waals surface area (Å²) in [4.78, 5) is 0. The van der Waals surface area contributed by atoms with Gasteiger partial charge >= 0.3 is 0 Å². The van der Waals surface area contributed by atoms with Crippen LogP contribution in [0.4, 0.5) is 8.78 Å². The average Bonchev–Trinajstić information content (AvgIpc) is 2.23. The molecule has 1 nitrogen and oxygen atoms in total. The van der Waals surface area contributed by atoms with Crippen LogP contribution in [0.3, 0.4) is 0 Å². The molecule has 1 rings (SSSR count). The Kier molecular flexibility index (Phi) is 3.68. The van der Waals surface area contributed by atoms with Crippen LogP contribution in [0.15, 0.2) is 12.3 Å². The van der Waals surface area contributed by atoms with Gasteiger partial charge in [-0.05, 0) is 49.4 Å². The molecule has 0 bridgehead atoms. The van der Waals surface area contributed by atoms with Crippen molar-refractivity contribution >= 4 is 0 Å². The smallest absolute Gasteiger partial charge is 0.130 e. The highest BCUT2D eigenvalue weighted by molar-refractivity contribution is 5.40. The first-order valence-corrected chi connectivity index (χ1v) is 5.16. The number of benzene rings is 1. The van der Waals surface area contributed by atoms with Crippen molar-refractivity contribution in [2.45, 2.75) is 33.6 Å². The van der Waals surface area contributed by atoms with Crippen LogP contribution in [0.25, 0.3) is 0 Å². The van der Waals surface area contributed by atoms with Crippen LogP contribution < -0.4 is 0 Å². The second kappa shape index (κ2) is 4.64. The molecule has 0 aromatic heterocycles. The molecule has 0 aliphatic carbocycles. The van der Waals surface area contributed by atoms with Crippen molar-refractivity contribution < 1.29 is 13.9 Å². The standard InChI is InChI=1S/C13H16F2O/c1-7(16)5-6-11-10(4)12(14)8(2)9(3)13(11)15/h16H,1,5-6H2,2-4H3. The Morgan fingerprint density at radius 3 is 2.06 bits per heavy atom. The zero-order valence-corrected chi connectivity index (χ0v) is 9.82. The summed E-state index contributed by atoms with van der Waals surface area (Å²) in [7, 11) is 0. The lowest BCUT2D eigenvalue weighted by Crippen LogP contribution is -2.05. The van der Waals surface area contributed by atoms with Crippen molar-refractivity contribution in [2.75, 3.05) is 0 Å². The maximum atomic E-state index is 13.9. The number of aliphatic hydroxyl groups is 1. The molecule has 88 valence electrons. The Bertz CT molecular complexity index is 407. The normalized spacial score (nSPS) is 10.6. The van der Waals surface area contributed by atoms with Gasteiger partial charge in [0.05, 0.1) is 5.76 Å². The van der Waals surface area contributed by atoms with Crippen LogP contribution in [0, 0.1) is 32.4 Å². The van der Waals surface area contributed by atoms with Crippen LogP contribution >= 0.6 is 0 Å². The lowest BCUT2D eigenvalue weighted by Gasteiger charge is -2.13. The van der Waals surface area contributed by atoms with Crippen LogP contribution in [-0.4, -0.2) is 5.11 Å². The van der Waals surface area contributed by atoms with Gasteiger partial charge in [-0.25, -0.2) is 8.78 Å². The van der Waals surface area contributed by atoms with E-state index < -0.39 is 0 Å². The molecule has 0 amide bonds. The van der Waals surface area contributed by atoms with E-state index in [0.717, 1.165) is 0 Å². The molecular weight excluding hydrogens is 210 g/mol. The van der Waals surface area contributed by atoms with Gasteiger partial charge < -0.3 is 5.11 Å². The molecule has 0 aliphatic heterocycles. The Morgan fingerprint density at radius 1 is 1.06 bits per heavy atom. The van der Waals surface area contributed by atoms with E-state index in [9.17, 15) is 8.78 Å². The lowest BCUT2D eigenvalue weighted by molar-refractivity contribution is 0.390. The van der Waals surface area contributed by atoms with Gasteiger partial charge in [0.15, 0.2) is 0 Å². The number of allylic oxidation sites excluding steroid dienone is 1. The van der Waals surface area contributed by atoms with Crippen LogP contribution in [0.2, 0.25) is 0 Å². The fourth-order valence-corrected chi connectivity index (χ4v) is 1.70. The summed E-state index contributed by atoms with van der Waals surface area (Å²) in [5, 5.41) is 8.98. The predicted octanol–water partition coefficient (Wildman–Crippen LogP) is 3.89. The van der Waals surface area contributed by atoms with Gasteiger partial charge in [-0.15, -0.1) is 0 Å². The van der Waals surface area contributed by atoms with E-state index in [4.69, 9.17) is 5.11 Å². The van der Waals surface area contributed by atoms with Crippen molar-refractivity contribution in [1.29, 1.82) is 0 Å². The van der Waals surface area contributed by atoms with Crippen LogP contribution in [-0.2, 0) is 6.42 Å². The molecule has 0 unspecified atom stereocenters. The zero-order valence-electron chi connectivity index (χ0n) is 9.82. The zero-order chi connectivity index (χ0) is 12.5. The third kappa shape index (κ3) is 2.23. The first-order chi connectivity index (χ1) is 7.36. The maximum Gasteiger partial charge on any atom is 0.130 e. The van der Waals surface area contributed by atoms with Gasteiger partial charge in [0.25, 0.3) is 0 Å². The molecule has 0 atom stereocenters. The molecule has 0 fully saturated rings. The summed E-state index contributed by atoms with van der Waals surface area (Å²) in [6.07, 6.45) is 0.519. The number of aliphatic hydroxyl groups excluding tert-OH is 1. The fraction of sp³-hybridized carbons (Fsp3) is 0.385. The largest absolute Gasteiger partial charge is 0.513 e. The van der Waals surface area contributed by atoms with Gasteiger partial charge in [0, 0.05) is 6.42 Å². The highest BCUT2D eigenvalue weighted by atomic mass is 19.1. The fourth-order valence-electron chi connectivity index (χ4n) is 1.70. The molecule has 16 heavy (non-hydrogen) atoms. The average molecular weight is 226 g/mol. The van der Waals surface area contributed by atoms with E-state index in [2.05, 4.69) is 6.58 Å². The van der Waals surface area contributed by atoms with E-state index in [1.807, 2.05) is 0 Å². The quantitative estimate of drug-likeness (QED) is 0.775. The van der Waals surface area contributed by atoms with Gasteiger partial charge in [-0.2, -0.15) is 0 Å². The van der Waals surface area contributed by atoms with Crippen LogP contribution in [0.1, 0.15) is 28.7 Å². The first-order valence-electron chi connectivity index (χ1n) is 5.16. The van der Waals surface area contributed by atoms with Gasteiger partial charge in [-0.1, -0.05) is 6.58 Å². The van der Waals surface area contributed by atoms with Crippen molar-refractivity contribution in [3.63, 3.8) is 0 Å². The lowest BCUT2D eigenvalue weighted by atomic mass is 9.95. The number of halogens is 2. The van der Waals surface area contributed by atoms with E-state index >= 15 is 0 Å². The first kappa shape index (κ1) is 12.7. The van der Waals surface area contributed by atoms with E-state index in [0.29, 0.717) is 22.3 Å². The highest BCUT2D eigenvalue weighted by Gasteiger charge is 2.17. The SMILES string of the molecule is C=C(O)CCc1c(C)c(F)c(C)c(C)c1F. The van der Waals surface area contributed by atoms with Gasteiger partial charge in [0.2, 0.25) is 0 Å². The molecule has 0 saturated carbocycles. The van der Waals surface area contributed by atoms with Crippen molar-refractivity contribution in [3.05, 3.63) is 46.2 Å². The number of hydrogen-bond donors (Lipinski definition) is 1. The minimum absolute atomic E-state index is 0.0163. The Labute approximate surface area is 94.4 Å². The van der Waals surface area contributed by atoms with Crippen molar-refractivity contribution in [1.82, 2.24) is 0 Å². The van der Waals surface area contributed by atoms with E-state index in [1.54, 1.807) is 20.8 Å². The third-order valence-electron chi connectivity index (χ3n) is 2.93. The molecule has 3 heteroatoms. The maximum absolute atomic E-state index is 13.9. The number of rotatable bonds is 3. The topological polar surface area (TPSA) is 20.2 Å². The minimum Gasteiger partial charge on any atom is -0.513 e. The summed E-state index contributed by atoms with van der Waals surface area (Å²) < 4.78 is 27.6. The van der Waals surface area contributed by atoms with Crippen molar-refractivity contribution in [3.8, 4) is 0 Å². The summed E-state index contributed by atoms with van der Waals surface area (Å²) in [5.41, 5.74) is 1.33. The molecule has 0 aliphatic rings. The molecule has 1 N–H and O–H groups in total. The molecule has 0 radical (unpaired) electrons. The Hall–Kier alpha value is -1.38. The van der Waals surface area contributed by atoms with E-state index in [-0.39, 0.29) is 30.2 Å². The predicted molar refractivity (Wildman–Crippen MR) is 60.7 cm³/mol. The van der Waals surface area contributed by atoms with Gasteiger partial charge in [-0.3, -0.25) is 0 Å². The summed E-state index contributed by atoms with van der Waals surface area (Å²) >= 11 is 0. The third-order valence-corrected chi connectivity index (χ3v) is 2.93. The highest BCUT2D eigenvalue weighted by Crippen LogP contribution is 2.26. The molecular formula is C13H16F2O. The summed E-state index contributed by atoms with van der Waals surface area (Å²) in [6.45, 7) is 8.01. The second-order valence-corrected chi connectivity index (χ2v) is 4.05. The minimum atomic E-state index is -0.377. The van der Waals surface area contributed by atoms with Gasteiger partial charge in [0.1, 0.15) is 11.6 Å². The Balaban J connectivity index is 3.23. The molecule has 0 spiro atoms. The molecule has 0 saturated heterocycles. The molecule has 1 aromatic carbocycles. The molecule has 0 heterocycles. The monoisotopic (exact) mass is 226 g/mol.